The number of carbonyl (C=O) groups is 2. The Bertz CT molecular complexity index is 1150. The normalized spacial score (nSPS) is 15.7. The number of phenolic OH excluding ortho intramolecular Hbond substituents is 1. The van der Waals surface area contributed by atoms with Gasteiger partial charge in [0.05, 0.1) is 5.69 Å². The molecule has 0 unspecified atom stereocenters. The van der Waals surface area contributed by atoms with Crippen molar-refractivity contribution in [2.24, 2.45) is 0 Å². The van der Waals surface area contributed by atoms with E-state index in [1.165, 1.54) is 11.0 Å². The smallest absolute Gasteiger partial charge is 0.270 e. The maximum atomic E-state index is 13.1. The van der Waals surface area contributed by atoms with Gasteiger partial charge in [-0.3, -0.25) is 19.8 Å². The third-order valence-corrected chi connectivity index (χ3v) is 5.20. The van der Waals surface area contributed by atoms with Crippen molar-refractivity contribution in [3.63, 3.8) is 0 Å². The van der Waals surface area contributed by atoms with Crippen molar-refractivity contribution in [1.82, 2.24) is 9.88 Å². The van der Waals surface area contributed by atoms with Gasteiger partial charge in [-0.2, -0.15) is 0 Å². The van der Waals surface area contributed by atoms with Gasteiger partial charge in [0, 0.05) is 22.1 Å². The average molecular weight is 468 g/mol. The highest BCUT2D eigenvalue weighted by molar-refractivity contribution is 9.10. The molecule has 0 radical (unpaired) electrons. The molecule has 29 heavy (non-hydrogen) atoms. The predicted octanol–water partition coefficient (Wildman–Crippen LogP) is 3.78. The van der Waals surface area contributed by atoms with Crippen LogP contribution >= 0.6 is 28.1 Å². The number of carbonyl (C=O) groups excluding carboxylic acids is 2. The maximum Gasteiger partial charge on any atom is 0.270 e. The van der Waals surface area contributed by atoms with E-state index in [-0.39, 0.29) is 16.4 Å². The number of hydrogen-bond donors (Lipinski definition) is 2. The van der Waals surface area contributed by atoms with Crippen LogP contribution in [-0.4, -0.2) is 26.6 Å². The van der Waals surface area contributed by atoms with Gasteiger partial charge in [0.2, 0.25) is 0 Å². The van der Waals surface area contributed by atoms with Crippen molar-refractivity contribution in [3.8, 4) is 11.4 Å². The zero-order chi connectivity index (χ0) is 20.5. The van der Waals surface area contributed by atoms with Crippen LogP contribution < -0.4 is 10.2 Å². The first-order valence-corrected chi connectivity index (χ1v) is 9.78. The first-order chi connectivity index (χ1) is 13.9. The number of aromatic nitrogens is 1. The molecule has 2 aromatic carbocycles. The lowest BCUT2D eigenvalue weighted by molar-refractivity contribution is -0.122. The summed E-state index contributed by atoms with van der Waals surface area (Å²) in [6.07, 6.45) is 3.33. The van der Waals surface area contributed by atoms with E-state index in [9.17, 15) is 14.7 Å². The second kappa shape index (κ2) is 7.65. The van der Waals surface area contributed by atoms with Crippen LogP contribution in [-0.2, 0) is 9.59 Å². The summed E-state index contributed by atoms with van der Waals surface area (Å²) in [5, 5.41) is 12.1. The van der Waals surface area contributed by atoms with E-state index in [1.807, 2.05) is 10.6 Å². The fraction of sp³-hybridized carbons (Fsp3) is 0. The number of phenols is 1. The molecule has 0 bridgehead atoms. The lowest BCUT2D eigenvalue weighted by Crippen LogP contribution is -2.54. The summed E-state index contributed by atoms with van der Waals surface area (Å²) in [6, 6.07) is 17.3. The van der Waals surface area contributed by atoms with E-state index in [0.29, 0.717) is 11.4 Å². The summed E-state index contributed by atoms with van der Waals surface area (Å²) in [7, 11) is 0. The second-order valence-corrected chi connectivity index (χ2v) is 7.56. The highest BCUT2D eigenvalue weighted by atomic mass is 79.9. The molecule has 144 valence electrons. The number of nitrogens with zero attached hydrogens (tertiary/aromatic N) is 2. The van der Waals surface area contributed by atoms with Crippen molar-refractivity contribution >= 4 is 56.8 Å². The largest absolute Gasteiger partial charge is 0.508 e. The van der Waals surface area contributed by atoms with Gasteiger partial charge in [0.25, 0.3) is 11.8 Å². The van der Waals surface area contributed by atoms with Gasteiger partial charge in [0.1, 0.15) is 11.3 Å². The summed E-state index contributed by atoms with van der Waals surface area (Å²) in [5.74, 6) is -0.896. The standard InChI is InChI=1S/C21H14BrN3O3S/c22-13-3-5-15(6-4-13)25-20(28)18(19(27)23-21(25)29)12-16-2-1-11-24(16)14-7-9-17(26)10-8-14/h1-12,26H,(H,23,27,29)/b18-12+. The number of benzene rings is 2. The van der Waals surface area contributed by atoms with E-state index < -0.39 is 11.8 Å². The molecule has 0 atom stereocenters. The van der Waals surface area contributed by atoms with E-state index in [0.717, 1.165) is 10.2 Å². The Morgan fingerprint density at radius 1 is 0.966 bits per heavy atom. The van der Waals surface area contributed by atoms with Crippen LogP contribution in [0.15, 0.2) is 76.9 Å². The zero-order valence-electron chi connectivity index (χ0n) is 14.9. The van der Waals surface area contributed by atoms with Gasteiger partial charge in [-0.15, -0.1) is 0 Å². The first kappa shape index (κ1) is 19.1. The summed E-state index contributed by atoms with van der Waals surface area (Å²) >= 11 is 8.58. The number of halogens is 1. The third kappa shape index (κ3) is 3.72. The molecular formula is C21H14BrN3O3S. The fourth-order valence-electron chi connectivity index (χ4n) is 2.99. The highest BCUT2D eigenvalue weighted by Gasteiger charge is 2.34. The van der Waals surface area contributed by atoms with E-state index in [2.05, 4.69) is 21.2 Å². The molecule has 2 N–H and O–H groups in total. The molecule has 6 nitrogen and oxygen atoms in total. The number of amides is 2. The van der Waals surface area contributed by atoms with Crippen LogP contribution in [0.5, 0.6) is 5.75 Å². The number of rotatable bonds is 3. The molecular weight excluding hydrogens is 454 g/mol. The van der Waals surface area contributed by atoms with Gasteiger partial charge in [-0.1, -0.05) is 15.9 Å². The number of nitrogens with one attached hydrogen (secondary N) is 1. The van der Waals surface area contributed by atoms with Gasteiger partial charge in [0.15, 0.2) is 5.11 Å². The van der Waals surface area contributed by atoms with Crippen LogP contribution in [0.2, 0.25) is 0 Å². The third-order valence-electron chi connectivity index (χ3n) is 4.39. The lowest BCUT2D eigenvalue weighted by atomic mass is 10.1. The highest BCUT2D eigenvalue weighted by Crippen LogP contribution is 2.25. The summed E-state index contributed by atoms with van der Waals surface area (Å²) < 4.78 is 2.67. The van der Waals surface area contributed by atoms with Crippen LogP contribution in [0.25, 0.3) is 11.8 Å². The van der Waals surface area contributed by atoms with E-state index in [1.54, 1.807) is 60.8 Å². The molecule has 1 aliphatic rings. The molecule has 0 saturated carbocycles. The Labute approximate surface area is 180 Å². The van der Waals surface area contributed by atoms with Crippen LogP contribution in [0, 0.1) is 0 Å². The van der Waals surface area contributed by atoms with Gasteiger partial charge in [-0.05, 0) is 79.0 Å². The maximum absolute atomic E-state index is 13.1. The Hall–Kier alpha value is -3.23. The molecule has 1 saturated heterocycles. The average Bonchev–Trinajstić information content (AvgIpc) is 3.15. The van der Waals surface area contributed by atoms with Crippen molar-refractivity contribution in [2.75, 3.05) is 4.90 Å². The molecule has 3 aromatic rings. The van der Waals surface area contributed by atoms with E-state index in [4.69, 9.17) is 12.2 Å². The monoisotopic (exact) mass is 467 g/mol. The fourth-order valence-corrected chi connectivity index (χ4v) is 3.54. The minimum atomic E-state index is -0.549. The molecule has 1 fully saturated rings. The van der Waals surface area contributed by atoms with Crippen molar-refractivity contribution in [1.29, 1.82) is 0 Å². The molecule has 1 aliphatic heterocycles. The van der Waals surface area contributed by atoms with Gasteiger partial charge < -0.3 is 9.67 Å². The summed E-state index contributed by atoms with van der Waals surface area (Å²) in [6.45, 7) is 0. The minimum absolute atomic E-state index is 0.0275. The Morgan fingerprint density at radius 3 is 2.31 bits per heavy atom. The molecule has 2 heterocycles. The topological polar surface area (TPSA) is 74.6 Å². The zero-order valence-corrected chi connectivity index (χ0v) is 17.3. The molecule has 8 heteroatoms. The van der Waals surface area contributed by atoms with Crippen LogP contribution in [0.3, 0.4) is 0 Å². The number of hydrogen-bond acceptors (Lipinski definition) is 4. The Balaban J connectivity index is 1.73. The quantitative estimate of drug-likeness (QED) is 0.349. The van der Waals surface area contributed by atoms with Gasteiger partial charge in [-0.25, -0.2) is 0 Å². The van der Waals surface area contributed by atoms with Crippen LogP contribution in [0.4, 0.5) is 5.69 Å². The van der Waals surface area contributed by atoms with Crippen molar-refractivity contribution in [2.45, 2.75) is 0 Å². The number of anilines is 1. The van der Waals surface area contributed by atoms with E-state index >= 15 is 0 Å². The number of thiocarbonyl (C=S) groups is 1. The van der Waals surface area contributed by atoms with Crippen molar-refractivity contribution in [3.05, 3.63) is 82.6 Å². The SMILES string of the molecule is O=C1NC(=S)N(c2ccc(Br)cc2)C(=O)/C1=C/c1cccn1-c1ccc(O)cc1. The summed E-state index contributed by atoms with van der Waals surface area (Å²) in [4.78, 5) is 26.9. The molecule has 4 rings (SSSR count). The van der Waals surface area contributed by atoms with Crippen molar-refractivity contribution < 1.29 is 14.7 Å². The second-order valence-electron chi connectivity index (χ2n) is 6.25. The Morgan fingerprint density at radius 2 is 1.62 bits per heavy atom. The molecule has 0 aliphatic carbocycles. The number of aromatic hydroxyl groups is 1. The summed E-state index contributed by atoms with van der Waals surface area (Å²) in [5.41, 5.74) is 1.95. The molecule has 1 aromatic heterocycles. The minimum Gasteiger partial charge on any atom is -0.508 e. The lowest BCUT2D eigenvalue weighted by Gasteiger charge is -2.29. The van der Waals surface area contributed by atoms with Gasteiger partial charge >= 0.3 is 0 Å². The Kier molecular flexibility index (Phi) is 5.04. The molecule has 2 amide bonds. The predicted molar refractivity (Wildman–Crippen MR) is 118 cm³/mol. The first-order valence-electron chi connectivity index (χ1n) is 8.58. The van der Waals surface area contributed by atoms with Crippen LogP contribution in [0.1, 0.15) is 5.69 Å². The molecule has 0 spiro atoms.